The first kappa shape index (κ1) is 12.0. The Balaban J connectivity index is 2.12. The summed E-state index contributed by atoms with van der Waals surface area (Å²) in [5.41, 5.74) is 3.13. The molecular formula is C13H13N3O2. The van der Waals surface area contributed by atoms with Gasteiger partial charge in [-0.15, -0.1) is 0 Å². The molecule has 2 aromatic rings. The van der Waals surface area contributed by atoms with Gasteiger partial charge in [0.15, 0.2) is 0 Å². The second-order valence-electron chi connectivity index (χ2n) is 3.91. The molecular weight excluding hydrogens is 230 g/mol. The number of hydrogen-bond donors (Lipinski definition) is 2. The smallest absolute Gasteiger partial charge is 0.322 e. The van der Waals surface area contributed by atoms with Crippen molar-refractivity contribution < 1.29 is 9.90 Å². The van der Waals surface area contributed by atoms with Crippen molar-refractivity contribution >= 4 is 11.9 Å². The Bertz CT molecular complexity index is 535. The van der Waals surface area contributed by atoms with Crippen molar-refractivity contribution in [1.82, 2.24) is 9.97 Å². The number of carboxylic acid groups (broad SMARTS) is 1. The van der Waals surface area contributed by atoms with E-state index in [4.69, 9.17) is 5.11 Å². The number of carbonyl (C=O) groups is 1. The molecule has 0 spiro atoms. The Hall–Kier alpha value is -2.43. The summed E-state index contributed by atoms with van der Waals surface area (Å²) in [6, 6.07) is 8.04. The predicted octanol–water partition coefficient (Wildman–Crippen LogP) is 1.95. The summed E-state index contributed by atoms with van der Waals surface area (Å²) in [6.07, 6.45) is 3.34. The molecule has 1 heterocycles. The molecule has 1 aromatic carbocycles. The quantitative estimate of drug-likeness (QED) is 0.858. The molecule has 18 heavy (non-hydrogen) atoms. The normalized spacial score (nSPS) is 10.1. The lowest BCUT2D eigenvalue weighted by atomic mass is 10.1. The molecule has 0 radical (unpaired) electrons. The molecule has 92 valence electrons. The lowest BCUT2D eigenvalue weighted by molar-refractivity contribution is -0.134. The fraction of sp³-hybridized carbons (Fsp3) is 0.154. The van der Waals surface area contributed by atoms with Gasteiger partial charge in [0.2, 0.25) is 5.95 Å². The van der Waals surface area contributed by atoms with Crippen molar-refractivity contribution in [3.05, 3.63) is 42.2 Å². The van der Waals surface area contributed by atoms with Gasteiger partial charge in [-0.2, -0.15) is 0 Å². The molecule has 0 atom stereocenters. The third kappa shape index (κ3) is 3.04. The second kappa shape index (κ2) is 5.27. The number of aryl methyl sites for hydroxylation is 1. The summed E-state index contributed by atoms with van der Waals surface area (Å²) in [7, 11) is 0. The number of anilines is 1. The maximum Gasteiger partial charge on any atom is 0.322 e. The zero-order valence-corrected chi connectivity index (χ0v) is 9.92. The minimum atomic E-state index is -0.943. The third-order valence-corrected chi connectivity index (χ3v) is 2.43. The lowest BCUT2D eigenvalue weighted by Gasteiger charge is -2.04. The monoisotopic (exact) mass is 243 g/mol. The van der Waals surface area contributed by atoms with Gasteiger partial charge in [0.25, 0.3) is 0 Å². The highest BCUT2D eigenvalue weighted by Gasteiger charge is 2.01. The molecule has 0 saturated carbocycles. The van der Waals surface area contributed by atoms with Crippen molar-refractivity contribution in [2.24, 2.45) is 0 Å². The highest BCUT2D eigenvalue weighted by molar-refractivity contribution is 5.72. The van der Waals surface area contributed by atoms with Gasteiger partial charge < -0.3 is 10.4 Å². The van der Waals surface area contributed by atoms with Gasteiger partial charge in [-0.25, -0.2) is 9.97 Å². The van der Waals surface area contributed by atoms with Crippen LogP contribution < -0.4 is 5.32 Å². The van der Waals surface area contributed by atoms with E-state index in [1.54, 1.807) is 12.4 Å². The van der Waals surface area contributed by atoms with Gasteiger partial charge in [0.05, 0.1) is 0 Å². The van der Waals surface area contributed by atoms with Gasteiger partial charge in [-0.1, -0.05) is 29.8 Å². The Morgan fingerprint density at radius 3 is 2.33 bits per heavy atom. The van der Waals surface area contributed by atoms with Crippen molar-refractivity contribution in [2.75, 3.05) is 11.9 Å². The SMILES string of the molecule is Cc1ccc(-c2cnc(NCC(=O)O)nc2)cc1. The van der Waals surface area contributed by atoms with Crippen molar-refractivity contribution in [3.8, 4) is 11.1 Å². The van der Waals surface area contributed by atoms with E-state index in [1.165, 1.54) is 5.56 Å². The standard InChI is InChI=1S/C13H13N3O2/c1-9-2-4-10(5-3-9)11-6-14-13(15-7-11)16-8-12(17)18/h2-7H,8H2,1H3,(H,17,18)(H,14,15,16). The Morgan fingerprint density at radius 1 is 1.17 bits per heavy atom. The van der Waals surface area contributed by atoms with Crippen LogP contribution in [0.3, 0.4) is 0 Å². The van der Waals surface area contributed by atoms with E-state index in [-0.39, 0.29) is 6.54 Å². The molecule has 5 heteroatoms. The number of rotatable bonds is 4. The molecule has 2 N–H and O–H groups in total. The number of carboxylic acids is 1. The van der Waals surface area contributed by atoms with Gasteiger partial charge in [-0.3, -0.25) is 4.79 Å². The van der Waals surface area contributed by atoms with E-state index in [2.05, 4.69) is 15.3 Å². The minimum absolute atomic E-state index is 0.191. The number of nitrogens with zero attached hydrogens (tertiary/aromatic N) is 2. The molecule has 0 bridgehead atoms. The van der Waals surface area contributed by atoms with Crippen LogP contribution in [-0.2, 0) is 4.79 Å². The highest BCUT2D eigenvalue weighted by atomic mass is 16.4. The molecule has 0 fully saturated rings. The summed E-state index contributed by atoms with van der Waals surface area (Å²) in [5.74, 6) is -0.630. The maximum atomic E-state index is 10.4. The molecule has 0 amide bonds. The first-order chi connectivity index (χ1) is 8.65. The van der Waals surface area contributed by atoms with Crippen LogP contribution in [0.15, 0.2) is 36.7 Å². The summed E-state index contributed by atoms with van der Waals surface area (Å²) >= 11 is 0. The molecule has 0 saturated heterocycles. The molecule has 0 unspecified atom stereocenters. The fourth-order valence-corrected chi connectivity index (χ4v) is 1.47. The number of nitrogens with one attached hydrogen (secondary N) is 1. The number of aliphatic carboxylic acids is 1. The zero-order chi connectivity index (χ0) is 13.0. The van der Waals surface area contributed by atoms with Crippen LogP contribution in [0.4, 0.5) is 5.95 Å². The van der Waals surface area contributed by atoms with Crippen LogP contribution in [0.25, 0.3) is 11.1 Å². The van der Waals surface area contributed by atoms with E-state index in [0.29, 0.717) is 5.95 Å². The fourth-order valence-electron chi connectivity index (χ4n) is 1.47. The van der Waals surface area contributed by atoms with Crippen molar-refractivity contribution in [1.29, 1.82) is 0 Å². The van der Waals surface area contributed by atoms with Gasteiger partial charge in [0.1, 0.15) is 6.54 Å². The Morgan fingerprint density at radius 2 is 1.78 bits per heavy atom. The zero-order valence-electron chi connectivity index (χ0n) is 9.92. The minimum Gasteiger partial charge on any atom is -0.480 e. The van der Waals surface area contributed by atoms with Gasteiger partial charge >= 0.3 is 5.97 Å². The molecule has 0 aliphatic carbocycles. The van der Waals surface area contributed by atoms with Crippen LogP contribution in [0.5, 0.6) is 0 Å². The summed E-state index contributed by atoms with van der Waals surface area (Å²) in [6.45, 7) is 1.84. The predicted molar refractivity (Wildman–Crippen MR) is 68.3 cm³/mol. The molecule has 2 rings (SSSR count). The van der Waals surface area contributed by atoms with Crippen molar-refractivity contribution in [3.63, 3.8) is 0 Å². The third-order valence-electron chi connectivity index (χ3n) is 2.43. The number of hydrogen-bond acceptors (Lipinski definition) is 4. The van der Waals surface area contributed by atoms with Crippen molar-refractivity contribution in [2.45, 2.75) is 6.92 Å². The molecule has 5 nitrogen and oxygen atoms in total. The molecule has 1 aromatic heterocycles. The van der Waals surface area contributed by atoms with E-state index in [1.807, 2.05) is 31.2 Å². The average molecular weight is 243 g/mol. The van der Waals surface area contributed by atoms with E-state index < -0.39 is 5.97 Å². The van der Waals surface area contributed by atoms with Crippen LogP contribution >= 0.6 is 0 Å². The summed E-state index contributed by atoms with van der Waals surface area (Å²) in [5, 5.41) is 11.1. The van der Waals surface area contributed by atoms with Crippen LogP contribution in [0, 0.1) is 6.92 Å². The topological polar surface area (TPSA) is 75.1 Å². The van der Waals surface area contributed by atoms with Gasteiger partial charge in [-0.05, 0) is 12.5 Å². The molecule has 0 aliphatic rings. The highest BCUT2D eigenvalue weighted by Crippen LogP contribution is 2.18. The van der Waals surface area contributed by atoms with E-state index >= 15 is 0 Å². The first-order valence-electron chi connectivity index (χ1n) is 5.50. The van der Waals surface area contributed by atoms with Crippen LogP contribution in [-0.4, -0.2) is 27.6 Å². The Labute approximate surface area is 105 Å². The van der Waals surface area contributed by atoms with E-state index in [0.717, 1.165) is 11.1 Å². The average Bonchev–Trinajstić information content (AvgIpc) is 2.38. The number of benzene rings is 1. The van der Waals surface area contributed by atoms with Crippen LogP contribution in [0.2, 0.25) is 0 Å². The maximum absolute atomic E-state index is 10.4. The summed E-state index contributed by atoms with van der Waals surface area (Å²) in [4.78, 5) is 18.5. The Kier molecular flexibility index (Phi) is 3.52. The molecule has 0 aliphatic heterocycles. The summed E-state index contributed by atoms with van der Waals surface area (Å²) < 4.78 is 0. The van der Waals surface area contributed by atoms with Gasteiger partial charge in [0, 0.05) is 18.0 Å². The largest absolute Gasteiger partial charge is 0.480 e. The number of aromatic nitrogens is 2. The first-order valence-corrected chi connectivity index (χ1v) is 5.50. The lowest BCUT2D eigenvalue weighted by Crippen LogP contribution is -2.14. The van der Waals surface area contributed by atoms with Crippen LogP contribution in [0.1, 0.15) is 5.56 Å². The second-order valence-corrected chi connectivity index (χ2v) is 3.91. The van der Waals surface area contributed by atoms with E-state index in [9.17, 15) is 4.79 Å².